The van der Waals surface area contributed by atoms with Crippen molar-refractivity contribution < 1.29 is 18.8 Å². The van der Waals surface area contributed by atoms with Crippen LogP contribution in [0.4, 0.5) is 0 Å². The first kappa shape index (κ1) is 26.2. The number of ether oxygens (including phenoxy) is 1. The molecule has 13 heteroatoms. The van der Waals surface area contributed by atoms with Gasteiger partial charge in [-0.3, -0.25) is 4.57 Å². The van der Waals surface area contributed by atoms with E-state index < -0.39 is 8.32 Å². The van der Waals surface area contributed by atoms with Gasteiger partial charge in [-0.25, -0.2) is 9.97 Å². The minimum absolute atomic E-state index is 0.0861. The highest BCUT2D eigenvalue weighted by molar-refractivity contribution is 6.74. The summed E-state index contributed by atoms with van der Waals surface area (Å²) in [5, 5.41) is 12.5. The Kier molecular flexibility index (Phi) is 6.92. The average molecular weight is 539 g/mol. The number of para-hydroxylation sites is 1. The van der Waals surface area contributed by atoms with Crippen LogP contribution < -0.4 is 4.84 Å². The average Bonchev–Trinajstić information content (AvgIpc) is 3.58. The zero-order chi connectivity index (χ0) is 27.1. The fraction of sp³-hybridized carbons (Fsp3) is 0.520. The predicted octanol–water partition coefficient (Wildman–Crippen LogP) is 4.50. The third-order valence-electron chi connectivity index (χ3n) is 7.10. The van der Waals surface area contributed by atoms with Gasteiger partial charge in [-0.2, -0.15) is 4.98 Å². The van der Waals surface area contributed by atoms with Gasteiger partial charge in [0.05, 0.1) is 18.6 Å². The Labute approximate surface area is 222 Å². The van der Waals surface area contributed by atoms with Gasteiger partial charge in [0, 0.05) is 6.42 Å². The molecule has 0 radical (unpaired) electrons. The highest BCUT2D eigenvalue weighted by Gasteiger charge is 2.43. The van der Waals surface area contributed by atoms with E-state index in [1.807, 2.05) is 42.7 Å². The zero-order valence-electron chi connectivity index (χ0n) is 22.8. The summed E-state index contributed by atoms with van der Waals surface area (Å²) in [5.74, 6) is 0.263. The molecule has 1 aliphatic heterocycles. The standard InChI is InChI=1S/C25H34N8O4Si/c1-16(2)30-36-19-12-21(35-20(19)13-34-38(6,7)25(3,4)5)32-15-28-22-23(32)26-14-27-24(22)37-33-18-11-9-8-10-17(18)29-31-33/h8-11,14-15,19-21H,12-13H2,1-7H3/t19?,20-,21-/m1/s1. The van der Waals surface area contributed by atoms with E-state index in [9.17, 15) is 0 Å². The Morgan fingerprint density at radius 2 is 1.95 bits per heavy atom. The quantitative estimate of drug-likeness (QED) is 0.181. The number of oxime groups is 1. The van der Waals surface area contributed by atoms with Gasteiger partial charge >= 0.3 is 0 Å². The summed E-state index contributed by atoms with van der Waals surface area (Å²) in [5.41, 5.74) is 3.32. The van der Waals surface area contributed by atoms with Crippen molar-refractivity contribution in [1.82, 2.24) is 34.7 Å². The molecule has 12 nitrogen and oxygen atoms in total. The highest BCUT2D eigenvalue weighted by atomic mass is 28.4. The van der Waals surface area contributed by atoms with E-state index in [1.54, 1.807) is 6.33 Å². The molecule has 1 saturated heterocycles. The van der Waals surface area contributed by atoms with Crippen molar-refractivity contribution in [2.24, 2.45) is 5.16 Å². The van der Waals surface area contributed by atoms with Gasteiger partial charge in [-0.05, 0) is 49.3 Å². The summed E-state index contributed by atoms with van der Waals surface area (Å²) < 4.78 is 14.8. The molecule has 5 rings (SSSR count). The van der Waals surface area contributed by atoms with Crippen molar-refractivity contribution in [1.29, 1.82) is 0 Å². The molecule has 3 atom stereocenters. The smallest absolute Gasteiger partial charge is 0.280 e. The Bertz CT molecular complexity index is 1460. The Morgan fingerprint density at radius 1 is 1.16 bits per heavy atom. The van der Waals surface area contributed by atoms with Crippen LogP contribution in [0.1, 0.15) is 47.3 Å². The summed E-state index contributed by atoms with van der Waals surface area (Å²) in [6.07, 6.45) is 2.71. The van der Waals surface area contributed by atoms with E-state index in [1.165, 1.54) is 11.2 Å². The van der Waals surface area contributed by atoms with Crippen LogP contribution >= 0.6 is 0 Å². The lowest BCUT2D eigenvalue weighted by molar-refractivity contribution is -0.0572. The number of nitrogens with zero attached hydrogens (tertiary/aromatic N) is 8. The van der Waals surface area contributed by atoms with Crippen LogP contribution in [0, 0.1) is 0 Å². The molecule has 0 amide bonds. The molecule has 4 heterocycles. The number of imidazole rings is 1. The van der Waals surface area contributed by atoms with E-state index >= 15 is 0 Å². The third-order valence-corrected chi connectivity index (χ3v) is 11.6. The van der Waals surface area contributed by atoms with Crippen LogP contribution in [0.5, 0.6) is 5.88 Å². The zero-order valence-corrected chi connectivity index (χ0v) is 23.8. The Hall–Kier alpha value is -3.42. The summed E-state index contributed by atoms with van der Waals surface area (Å²) in [7, 11) is -1.98. The van der Waals surface area contributed by atoms with Crippen molar-refractivity contribution >= 4 is 36.2 Å². The van der Waals surface area contributed by atoms with Crippen molar-refractivity contribution in [3.05, 3.63) is 36.9 Å². The summed E-state index contributed by atoms with van der Waals surface area (Å²) in [6.45, 7) is 15.3. The van der Waals surface area contributed by atoms with E-state index in [-0.39, 0.29) is 29.4 Å². The minimum Gasteiger partial charge on any atom is -0.414 e. The van der Waals surface area contributed by atoms with E-state index in [2.05, 4.69) is 64.3 Å². The second-order valence-electron chi connectivity index (χ2n) is 11.2. The second-order valence-corrected chi connectivity index (χ2v) is 16.0. The lowest BCUT2D eigenvalue weighted by Crippen LogP contribution is -2.44. The molecular weight excluding hydrogens is 504 g/mol. The maximum atomic E-state index is 6.48. The number of benzene rings is 1. The summed E-state index contributed by atoms with van der Waals surface area (Å²) in [4.78, 5) is 26.5. The molecule has 0 aliphatic carbocycles. The SMILES string of the molecule is CC(C)=NOC1C[C@H](n2cnc3c(On4nnc5ccccc54)ncnc32)O[C@@H]1CO[Si](C)(C)C(C)(C)C. The number of hydrogen-bond acceptors (Lipinski definition) is 10. The lowest BCUT2D eigenvalue weighted by atomic mass is 10.2. The Morgan fingerprint density at radius 3 is 2.71 bits per heavy atom. The van der Waals surface area contributed by atoms with Gasteiger partial charge in [0.2, 0.25) is 0 Å². The molecule has 1 aromatic carbocycles. The largest absolute Gasteiger partial charge is 0.414 e. The molecule has 0 saturated carbocycles. The van der Waals surface area contributed by atoms with Gasteiger partial charge in [-0.1, -0.05) is 42.9 Å². The molecule has 1 fully saturated rings. The van der Waals surface area contributed by atoms with Crippen LogP contribution in [-0.4, -0.2) is 67.5 Å². The van der Waals surface area contributed by atoms with Crippen molar-refractivity contribution in [2.45, 2.75) is 77.6 Å². The van der Waals surface area contributed by atoms with Gasteiger partial charge in [0.25, 0.3) is 5.88 Å². The first-order valence-electron chi connectivity index (χ1n) is 12.7. The number of fused-ring (bicyclic) bond motifs is 2. The minimum atomic E-state index is -1.98. The molecule has 38 heavy (non-hydrogen) atoms. The van der Waals surface area contributed by atoms with Gasteiger partial charge in [-0.15, -0.1) is 5.10 Å². The second kappa shape index (κ2) is 10.0. The molecule has 1 unspecified atom stereocenters. The Balaban J connectivity index is 1.39. The first-order chi connectivity index (χ1) is 18.0. The van der Waals surface area contributed by atoms with Crippen LogP contribution in [0.25, 0.3) is 22.2 Å². The predicted molar refractivity (Wildman–Crippen MR) is 144 cm³/mol. The molecule has 0 spiro atoms. The molecule has 1 aliphatic rings. The molecule has 4 aromatic rings. The maximum Gasteiger partial charge on any atom is 0.280 e. The molecule has 202 valence electrons. The van der Waals surface area contributed by atoms with Crippen molar-refractivity contribution in [3.63, 3.8) is 0 Å². The van der Waals surface area contributed by atoms with Crippen LogP contribution in [-0.2, 0) is 14.0 Å². The van der Waals surface area contributed by atoms with E-state index in [0.29, 0.717) is 35.2 Å². The van der Waals surface area contributed by atoms with Crippen LogP contribution in [0.15, 0.2) is 42.1 Å². The number of aromatic nitrogens is 7. The molecule has 0 N–H and O–H groups in total. The summed E-state index contributed by atoms with van der Waals surface area (Å²) >= 11 is 0. The molecule has 0 bridgehead atoms. The van der Waals surface area contributed by atoms with E-state index in [0.717, 1.165) is 5.71 Å². The number of hydrogen-bond donors (Lipinski definition) is 0. The fourth-order valence-electron chi connectivity index (χ4n) is 3.92. The maximum absolute atomic E-state index is 6.48. The van der Waals surface area contributed by atoms with Crippen LogP contribution in [0.3, 0.4) is 0 Å². The van der Waals surface area contributed by atoms with Crippen LogP contribution in [0.2, 0.25) is 18.1 Å². The number of rotatable bonds is 8. The summed E-state index contributed by atoms with van der Waals surface area (Å²) in [6, 6.07) is 7.51. The van der Waals surface area contributed by atoms with Crippen molar-refractivity contribution in [3.8, 4) is 5.88 Å². The third kappa shape index (κ3) is 5.13. The van der Waals surface area contributed by atoms with Gasteiger partial charge in [0.1, 0.15) is 29.7 Å². The fourth-order valence-corrected chi connectivity index (χ4v) is 4.93. The molecular formula is C25H34N8O4Si. The lowest BCUT2D eigenvalue weighted by Gasteiger charge is -2.37. The topological polar surface area (TPSA) is 124 Å². The van der Waals surface area contributed by atoms with Gasteiger partial charge < -0.3 is 18.8 Å². The monoisotopic (exact) mass is 538 g/mol. The van der Waals surface area contributed by atoms with Gasteiger partial charge in [0.15, 0.2) is 25.6 Å². The normalized spacial score (nSPS) is 20.2. The van der Waals surface area contributed by atoms with Crippen molar-refractivity contribution in [2.75, 3.05) is 6.61 Å². The first-order valence-corrected chi connectivity index (χ1v) is 15.6. The van der Waals surface area contributed by atoms with E-state index in [4.69, 9.17) is 18.8 Å². The molecule has 3 aromatic heterocycles. The highest BCUT2D eigenvalue weighted by Crippen LogP contribution is 2.39.